The van der Waals surface area contributed by atoms with Crippen molar-refractivity contribution < 1.29 is 5.11 Å². The van der Waals surface area contributed by atoms with Gasteiger partial charge in [-0.15, -0.1) is 0 Å². The molecule has 0 amide bonds. The van der Waals surface area contributed by atoms with Crippen LogP contribution in [0.5, 0.6) is 0 Å². The fraction of sp³-hybridized carbons (Fsp3) is 0.800. The second-order valence-electron chi connectivity index (χ2n) is 4.07. The third-order valence-electron chi connectivity index (χ3n) is 3.12. The Balaban J connectivity index is 2.52. The van der Waals surface area contributed by atoms with Crippen LogP contribution in [0.2, 0.25) is 0 Å². The van der Waals surface area contributed by atoms with Crippen LogP contribution >= 0.6 is 0 Å². The number of rotatable bonds is 3. The van der Waals surface area contributed by atoms with E-state index in [1.807, 2.05) is 0 Å². The Kier molecular flexibility index (Phi) is 2.38. The van der Waals surface area contributed by atoms with Gasteiger partial charge >= 0.3 is 0 Å². The summed E-state index contributed by atoms with van der Waals surface area (Å²) in [6.45, 7) is 8.65. The Morgan fingerprint density at radius 2 is 2.36 bits per heavy atom. The highest BCUT2D eigenvalue weighted by Crippen LogP contribution is 2.51. The zero-order valence-corrected chi connectivity index (χ0v) is 7.56. The van der Waals surface area contributed by atoms with E-state index in [9.17, 15) is 0 Å². The van der Waals surface area contributed by atoms with Crippen LogP contribution in [0.3, 0.4) is 0 Å². The molecule has 0 saturated heterocycles. The molecule has 0 heterocycles. The highest BCUT2D eigenvalue weighted by atomic mass is 16.3. The third-order valence-corrected chi connectivity index (χ3v) is 3.12. The van der Waals surface area contributed by atoms with Crippen molar-refractivity contribution in [3.05, 3.63) is 12.2 Å². The molecule has 0 aromatic rings. The van der Waals surface area contributed by atoms with Gasteiger partial charge in [-0.2, -0.15) is 0 Å². The summed E-state index contributed by atoms with van der Waals surface area (Å²) in [6, 6.07) is 0. The van der Waals surface area contributed by atoms with Crippen molar-refractivity contribution in [2.75, 3.05) is 6.61 Å². The van der Waals surface area contributed by atoms with Crippen molar-refractivity contribution in [2.24, 2.45) is 11.3 Å². The van der Waals surface area contributed by atoms with Crippen LogP contribution in [0.25, 0.3) is 0 Å². The standard InChI is InChI=1S/C10H18O/c1-8(2)9-4-5-10(9,3)6-7-11/h9,11H,1,4-7H2,2-3H3/t9-,10-/m1/s1. The van der Waals surface area contributed by atoms with Gasteiger partial charge in [0, 0.05) is 6.61 Å². The maximum Gasteiger partial charge on any atom is 0.0436 e. The van der Waals surface area contributed by atoms with Gasteiger partial charge in [0.15, 0.2) is 0 Å². The van der Waals surface area contributed by atoms with Crippen LogP contribution in [-0.4, -0.2) is 11.7 Å². The fourth-order valence-corrected chi connectivity index (χ4v) is 2.18. The molecule has 0 bridgehead atoms. The number of aliphatic hydroxyl groups excluding tert-OH is 1. The van der Waals surface area contributed by atoms with Crippen molar-refractivity contribution in [3.8, 4) is 0 Å². The Morgan fingerprint density at radius 3 is 2.64 bits per heavy atom. The molecule has 64 valence electrons. The van der Waals surface area contributed by atoms with Gasteiger partial charge in [0.05, 0.1) is 0 Å². The maximum absolute atomic E-state index is 8.84. The normalized spacial score (nSPS) is 36.5. The molecule has 0 radical (unpaired) electrons. The Morgan fingerprint density at radius 1 is 1.73 bits per heavy atom. The average molecular weight is 154 g/mol. The largest absolute Gasteiger partial charge is 0.396 e. The minimum atomic E-state index is 0.320. The van der Waals surface area contributed by atoms with Crippen molar-refractivity contribution in [2.45, 2.75) is 33.1 Å². The van der Waals surface area contributed by atoms with E-state index in [0.717, 1.165) is 6.42 Å². The van der Waals surface area contributed by atoms with E-state index in [2.05, 4.69) is 20.4 Å². The van der Waals surface area contributed by atoms with Crippen LogP contribution in [-0.2, 0) is 0 Å². The van der Waals surface area contributed by atoms with Gasteiger partial charge in [0.1, 0.15) is 0 Å². The lowest BCUT2D eigenvalue weighted by Crippen LogP contribution is -2.38. The highest BCUT2D eigenvalue weighted by Gasteiger charge is 2.41. The summed E-state index contributed by atoms with van der Waals surface area (Å²) in [5, 5.41) is 8.84. The predicted octanol–water partition coefficient (Wildman–Crippen LogP) is 2.36. The van der Waals surface area contributed by atoms with E-state index in [0.29, 0.717) is 17.9 Å². The summed E-state index contributed by atoms with van der Waals surface area (Å²) in [7, 11) is 0. The number of aliphatic hydroxyl groups is 1. The summed E-state index contributed by atoms with van der Waals surface area (Å²) in [4.78, 5) is 0. The van der Waals surface area contributed by atoms with E-state index >= 15 is 0 Å². The lowest BCUT2D eigenvalue weighted by atomic mass is 9.57. The summed E-state index contributed by atoms with van der Waals surface area (Å²) < 4.78 is 0. The van der Waals surface area contributed by atoms with E-state index in [1.54, 1.807) is 0 Å². The second kappa shape index (κ2) is 2.98. The summed E-state index contributed by atoms with van der Waals surface area (Å²) in [6.07, 6.45) is 3.46. The van der Waals surface area contributed by atoms with Gasteiger partial charge in [0.2, 0.25) is 0 Å². The first-order valence-corrected chi connectivity index (χ1v) is 4.36. The van der Waals surface area contributed by atoms with E-state index in [4.69, 9.17) is 5.11 Å². The monoisotopic (exact) mass is 154 g/mol. The highest BCUT2D eigenvalue weighted by molar-refractivity contribution is 5.09. The maximum atomic E-state index is 8.84. The minimum absolute atomic E-state index is 0.320. The van der Waals surface area contributed by atoms with Gasteiger partial charge in [0.25, 0.3) is 0 Å². The van der Waals surface area contributed by atoms with Gasteiger partial charge in [-0.3, -0.25) is 0 Å². The molecule has 11 heavy (non-hydrogen) atoms. The molecule has 1 aliphatic carbocycles. The molecule has 0 unspecified atom stereocenters. The van der Waals surface area contributed by atoms with Crippen LogP contribution < -0.4 is 0 Å². The van der Waals surface area contributed by atoms with Gasteiger partial charge in [-0.05, 0) is 37.5 Å². The van der Waals surface area contributed by atoms with Crippen LogP contribution in [0, 0.1) is 11.3 Å². The van der Waals surface area contributed by atoms with Crippen molar-refractivity contribution >= 4 is 0 Å². The molecular weight excluding hydrogens is 136 g/mol. The fourth-order valence-electron chi connectivity index (χ4n) is 2.18. The summed E-state index contributed by atoms with van der Waals surface area (Å²) in [5.74, 6) is 0.662. The molecule has 0 aromatic heterocycles. The first-order chi connectivity index (χ1) is 5.10. The molecule has 0 aliphatic heterocycles. The molecule has 1 nitrogen and oxygen atoms in total. The minimum Gasteiger partial charge on any atom is -0.396 e. The average Bonchev–Trinajstić information content (AvgIpc) is 1.85. The van der Waals surface area contributed by atoms with Crippen molar-refractivity contribution in [1.82, 2.24) is 0 Å². The number of hydrogen-bond donors (Lipinski definition) is 1. The first kappa shape index (κ1) is 8.79. The smallest absolute Gasteiger partial charge is 0.0436 e. The summed E-state index contributed by atoms with van der Waals surface area (Å²) >= 11 is 0. The van der Waals surface area contributed by atoms with Crippen molar-refractivity contribution in [3.63, 3.8) is 0 Å². The topological polar surface area (TPSA) is 20.2 Å². The van der Waals surface area contributed by atoms with E-state index in [-0.39, 0.29) is 0 Å². The molecule has 0 aromatic carbocycles. The van der Waals surface area contributed by atoms with E-state index in [1.165, 1.54) is 18.4 Å². The zero-order valence-electron chi connectivity index (χ0n) is 7.56. The first-order valence-electron chi connectivity index (χ1n) is 4.36. The molecule has 1 saturated carbocycles. The predicted molar refractivity (Wildman–Crippen MR) is 47.3 cm³/mol. The quantitative estimate of drug-likeness (QED) is 0.619. The molecule has 0 spiro atoms. The van der Waals surface area contributed by atoms with Crippen LogP contribution in [0.4, 0.5) is 0 Å². The van der Waals surface area contributed by atoms with Gasteiger partial charge < -0.3 is 5.11 Å². The third kappa shape index (κ3) is 1.48. The van der Waals surface area contributed by atoms with E-state index < -0.39 is 0 Å². The Labute approximate surface area is 69.1 Å². The number of allylic oxidation sites excluding steroid dienone is 1. The summed E-state index contributed by atoms with van der Waals surface area (Å²) in [5.41, 5.74) is 1.65. The Hall–Kier alpha value is -0.300. The van der Waals surface area contributed by atoms with Crippen LogP contribution in [0.15, 0.2) is 12.2 Å². The molecular formula is C10H18O. The molecule has 1 aliphatic rings. The lowest BCUT2D eigenvalue weighted by Gasteiger charge is -2.47. The lowest BCUT2D eigenvalue weighted by molar-refractivity contribution is 0.0472. The Bertz CT molecular complexity index is 162. The van der Waals surface area contributed by atoms with Crippen LogP contribution in [0.1, 0.15) is 33.1 Å². The molecule has 1 heteroatoms. The SMILES string of the molecule is C=C(C)[C@H]1CC[C@]1(C)CCO. The molecule has 2 atom stereocenters. The number of hydrogen-bond acceptors (Lipinski definition) is 1. The second-order valence-corrected chi connectivity index (χ2v) is 4.07. The zero-order chi connectivity index (χ0) is 8.48. The van der Waals surface area contributed by atoms with Gasteiger partial charge in [-0.1, -0.05) is 19.1 Å². The molecule has 1 N–H and O–H groups in total. The molecule has 1 rings (SSSR count). The van der Waals surface area contributed by atoms with Crippen molar-refractivity contribution in [1.29, 1.82) is 0 Å². The molecule has 1 fully saturated rings. The van der Waals surface area contributed by atoms with Gasteiger partial charge in [-0.25, -0.2) is 0 Å².